The molecule has 2 heteroatoms. The highest BCUT2D eigenvalue weighted by Crippen LogP contribution is 2.34. The van der Waals surface area contributed by atoms with Crippen molar-refractivity contribution in [2.45, 2.75) is 24.1 Å². The molecule has 1 aromatic carbocycles. The summed E-state index contributed by atoms with van der Waals surface area (Å²) in [7, 11) is 1.66. The Hall–Kier alpha value is -1.20. The molecule has 0 heterocycles. The number of alkyl halides is 1. The van der Waals surface area contributed by atoms with Crippen molar-refractivity contribution >= 4 is 21.5 Å². The molecule has 0 saturated heterocycles. The van der Waals surface area contributed by atoms with Crippen LogP contribution in [0, 0.1) is 12.3 Å². The van der Waals surface area contributed by atoms with Crippen LogP contribution >= 0.6 is 15.9 Å². The van der Waals surface area contributed by atoms with Crippen LogP contribution < -0.4 is 4.74 Å². The summed E-state index contributed by atoms with van der Waals surface area (Å²) >= 11 is 3.72. The Morgan fingerprint density at radius 1 is 1.47 bits per heavy atom. The molecule has 0 aromatic heterocycles. The maximum absolute atomic E-state index is 5.58. The molecule has 0 saturated carbocycles. The van der Waals surface area contributed by atoms with Gasteiger partial charge < -0.3 is 4.74 Å². The fourth-order valence-electron chi connectivity index (χ4n) is 2.14. The van der Waals surface area contributed by atoms with E-state index in [0.29, 0.717) is 4.83 Å². The Kier molecular flexibility index (Phi) is 3.91. The van der Waals surface area contributed by atoms with Gasteiger partial charge in [-0.2, -0.15) is 0 Å². The van der Waals surface area contributed by atoms with Gasteiger partial charge in [0.25, 0.3) is 0 Å². The quantitative estimate of drug-likeness (QED) is 0.591. The summed E-state index contributed by atoms with van der Waals surface area (Å²) in [4.78, 5) is 0.414. The van der Waals surface area contributed by atoms with Crippen molar-refractivity contribution < 1.29 is 4.74 Å². The van der Waals surface area contributed by atoms with Crippen LogP contribution in [0.15, 0.2) is 24.3 Å². The zero-order chi connectivity index (χ0) is 12.3. The number of hydrogen-bond acceptors (Lipinski definition) is 1. The van der Waals surface area contributed by atoms with Gasteiger partial charge in [-0.25, -0.2) is 0 Å². The van der Waals surface area contributed by atoms with E-state index in [9.17, 15) is 0 Å². The van der Waals surface area contributed by atoms with Crippen LogP contribution in [-0.4, -0.2) is 11.9 Å². The van der Waals surface area contributed by atoms with Crippen molar-refractivity contribution in [2.75, 3.05) is 7.11 Å². The lowest BCUT2D eigenvalue weighted by Crippen LogP contribution is -2.07. The molecule has 0 bridgehead atoms. The number of halogens is 1. The first-order chi connectivity index (χ1) is 8.26. The molecule has 2 rings (SSSR count). The largest absolute Gasteiger partial charge is 0.497 e. The van der Waals surface area contributed by atoms with Crippen molar-refractivity contribution in [2.24, 2.45) is 0 Å². The molecule has 1 atom stereocenters. The third-order valence-electron chi connectivity index (χ3n) is 3.06. The third-order valence-corrected chi connectivity index (χ3v) is 4.01. The van der Waals surface area contributed by atoms with Gasteiger partial charge in [0.05, 0.1) is 7.11 Å². The second-order valence-corrected chi connectivity index (χ2v) is 5.22. The fourth-order valence-corrected chi connectivity index (χ4v) is 2.90. The minimum atomic E-state index is 0.414. The Bertz CT molecular complexity index is 482. The van der Waals surface area contributed by atoms with Gasteiger partial charge >= 0.3 is 0 Å². The average Bonchev–Trinajstić information content (AvgIpc) is 2.38. The summed E-state index contributed by atoms with van der Waals surface area (Å²) in [6.07, 6.45) is 11.4. The van der Waals surface area contributed by atoms with Gasteiger partial charge in [0.15, 0.2) is 0 Å². The van der Waals surface area contributed by atoms with Crippen LogP contribution in [0.4, 0.5) is 0 Å². The fraction of sp³-hybridized carbons (Fsp3) is 0.333. The highest BCUT2D eigenvalue weighted by atomic mass is 79.9. The Labute approximate surface area is 111 Å². The van der Waals surface area contributed by atoms with Gasteiger partial charge in [-0.05, 0) is 48.6 Å². The number of hydrogen-bond donors (Lipinski definition) is 0. The van der Waals surface area contributed by atoms with Crippen molar-refractivity contribution in [3.63, 3.8) is 0 Å². The van der Waals surface area contributed by atoms with E-state index >= 15 is 0 Å². The van der Waals surface area contributed by atoms with E-state index in [2.05, 4.69) is 34.0 Å². The highest BCUT2D eigenvalue weighted by Gasteiger charge is 2.18. The number of allylic oxidation sites excluding steroid dienone is 2. The molecular weight excluding hydrogens is 276 g/mol. The number of ether oxygens (including phenoxy) is 1. The van der Waals surface area contributed by atoms with Gasteiger partial charge in [0.2, 0.25) is 0 Å². The van der Waals surface area contributed by atoms with E-state index < -0.39 is 0 Å². The molecule has 0 radical (unpaired) electrons. The molecule has 0 N–H and O–H groups in total. The van der Waals surface area contributed by atoms with E-state index in [1.165, 1.54) is 18.4 Å². The molecule has 0 amide bonds. The van der Waals surface area contributed by atoms with Gasteiger partial charge in [0, 0.05) is 10.4 Å². The lowest BCUT2D eigenvalue weighted by Gasteiger charge is -2.20. The number of benzene rings is 1. The second kappa shape index (κ2) is 5.42. The Balaban J connectivity index is 2.45. The van der Waals surface area contributed by atoms with E-state index in [1.54, 1.807) is 7.11 Å². The Morgan fingerprint density at radius 2 is 2.29 bits per heavy atom. The van der Waals surface area contributed by atoms with Gasteiger partial charge in [-0.3, -0.25) is 0 Å². The lowest BCUT2D eigenvalue weighted by molar-refractivity contribution is 0.414. The van der Waals surface area contributed by atoms with Crippen LogP contribution in [0.25, 0.3) is 5.57 Å². The zero-order valence-electron chi connectivity index (χ0n) is 9.87. The summed E-state index contributed by atoms with van der Waals surface area (Å²) in [6, 6.07) is 5.94. The van der Waals surface area contributed by atoms with Crippen LogP contribution in [0.5, 0.6) is 5.75 Å². The molecule has 0 fully saturated rings. The second-order valence-electron chi connectivity index (χ2n) is 4.11. The van der Waals surface area contributed by atoms with E-state index in [-0.39, 0.29) is 0 Å². The van der Waals surface area contributed by atoms with Crippen LogP contribution in [-0.2, 0) is 0 Å². The smallest absolute Gasteiger partial charge is 0.120 e. The molecule has 1 aliphatic carbocycles. The maximum atomic E-state index is 5.58. The molecule has 1 aliphatic rings. The number of rotatable bonds is 2. The Morgan fingerprint density at radius 3 is 2.94 bits per heavy atom. The molecule has 17 heavy (non-hydrogen) atoms. The summed E-state index contributed by atoms with van der Waals surface area (Å²) in [6.45, 7) is 0. The van der Waals surface area contributed by atoms with Gasteiger partial charge in [-0.1, -0.05) is 27.9 Å². The highest BCUT2D eigenvalue weighted by molar-refractivity contribution is 9.09. The SMILES string of the molecule is C#Cc1cc(OC)ccc1C1=CCCCC1Br. The summed E-state index contributed by atoms with van der Waals surface area (Å²) < 4.78 is 5.20. The standard InChI is InChI=1S/C15H15BrO/c1-3-11-10-12(17-2)8-9-13(11)14-6-4-5-7-15(14)16/h1,6,8-10,15H,4-5,7H2,2H3. The molecule has 0 aliphatic heterocycles. The topological polar surface area (TPSA) is 9.23 Å². The van der Waals surface area contributed by atoms with E-state index in [0.717, 1.165) is 23.3 Å². The monoisotopic (exact) mass is 290 g/mol. The van der Waals surface area contributed by atoms with Gasteiger partial charge in [-0.15, -0.1) is 6.42 Å². The van der Waals surface area contributed by atoms with Crippen molar-refractivity contribution in [3.05, 3.63) is 35.4 Å². The first-order valence-corrected chi connectivity index (χ1v) is 6.67. The lowest BCUT2D eigenvalue weighted by atomic mass is 9.91. The van der Waals surface area contributed by atoms with Gasteiger partial charge in [0.1, 0.15) is 5.75 Å². The zero-order valence-corrected chi connectivity index (χ0v) is 11.5. The molecule has 1 nitrogen and oxygen atoms in total. The van der Waals surface area contributed by atoms with Crippen molar-refractivity contribution in [1.82, 2.24) is 0 Å². The summed E-state index contributed by atoms with van der Waals surface area (Å²) in [5.74, 6) is 3.56. The average molecular weight is 291 g/mol. The molecule has 88 valence electrons. The van der Waals surface area contributed by atoms with E-state index in [4.69, 9.17) is 11.2 Å². The predicted octanol–water partition coefficient (Wildman–Crippen LogP) is 4.01. The predicted molar refractivity (Wildman–Crippen MR) is 75.5 cm³/mol. The van der Waals surface area contributed by atoms with Crippen LogP contribution in [0.3, 0.4) is 0 Å². The molecule has 0 spiro atoms. The van der Waals surface area contributed by atoms with Crippen LogP contribution in [0.1, 0.15) is 30.4 Å². The molecule has 1 unspecified atom stereocenters. The minimum Gasteiger partial charge on any atom is -0.497 e. The maximum Gasteiger partial charge on any atom is 0.120 e. The first kappa shape index (κ1) is 12.3. The normalized spacial score (nSPS) is 19.4. The molecular formula is C15H15BrO. The summed E-state index contributed by atoms with van der Waals surface area (Å²) in [5.41, 5.74) is 3.36. The number of methoxy groups -OCH3 is 1. The number of terminal acetylenes is 1. The minimum absolute atomic E-state index is 0.414. The van der Waals surface area contributed by atoms with Crippen LogP contribution in [0.2, 0.25) is 0 Å². The van der Waals surface area contributed by atoms with Crippen molar-refractivity contribution in [3.8, 4) is 18.1 Å². The van der Waals surface area contributed by atoms with Crippen molar-refractivity contribution in [1.29, 1.82) is 0 Å². The summed E-state index contributed by atoms with van der Waals surface area (Å²) in [5, 5.41) is 0. The van der Waals surface area contributed by atoms with E-state index in [1.807, 2.05) is 12.1 Å². The molecule has 1 aromatic rings. The third kappa shape index (κ3) is 2.56. The first-order valence-electron chi connectivity index (χ1n) is 5.75.